The summed E-state index contributed by atoms with van der Waals surface area (Å²) in [5, 5.41) is 2.84. The number of pyridine rings is 1. The Morgan fingerprint density at radius 1 is 1.21 bits per heavy atom. The molecule has 2 aromatic rings. The van der Waals surface area contributed by atoms with Gasteiger partial charge in [-0.05, 0) is 69.5 Å². The number of amides is 1. The van der Waals surface area contributed by atoms with Crippen molar-refractivity contribution < 1.29 is 4.79 Å². The molecule has 1 heterocycles. The van der Waals surface area contributed by atoms with Crippen molar-refractivity contribution in [2.75, 3.05) is 5.32 Å². The first-order valence-corrected chi connectivity index (χ1v) is 7.25. The molecule has 1 aromatic carbocycles. The lowest BCUT2D eigenvalue weighted by molar-refractivity contribution is 0.102. The minimum Gasteiger partial charge on any atom is -0.321 e. The normalized spacial score (nSPS) is 10.3. The van der Waals surface area contributed by atoms with Crippen molar-refractivity contribution in [1.29, 1.82) is 0 Å². The van der Waals surface area contributed by atoms with Gasteiger partial charge in [0.1, 0.15) is 4.60 Å². The molecule has 0 spiro atoms. The van der Waals surface area contributed by atoms with Gasteiger partial charge in [0.05, 0.1) is 17.4 Å². The first-order valence-electron chi connectivity index (χ1n) is 5.67. The van der Waals surface area contributed by atoms with E-state index in [1.165, 1.54) is 0 Å². The first-order chi connectivity index (χ1) is 8.97. The Balaban J connectivity index is 2.25. The summed E-state index contributed by atoms with van der Waals surface area (Å²) in [5.74, 6) is -0.154. The van der Waals surface area contributed by atoms with Crippen molar-refractivity contribution in [2.24, 2.45) is 0 Å². The summed E-state index contributed by atoms with van der Waals surface area (Å²) in [6.07, 6.45) is 1.62. The van der Waals surface area contributed by atoms with Gasteiger partial charge in [-0.1, -0.05) is 11.6 Å². The van der Waals surface area contributed by atoms with E-state index in [0.29, 0.717) is 11.3 Å². The van der Waals surface area contributed by atoms with Crippen LogP contribution in [0.3, 0.4) is 0 Å². The molecular formula is C14H12Br2N2O. The summed E-state index contributed by atoms with van der Waals surface area (Å²) < 4.78 is 1.56. The van der Waals surface area contributed by atoms with Crippen LogP contribution in [0.1, 0.15) is 21.5 Å². The fraction of sp³-hybridized carbons (Fsp3) is 0.143. The van der Waals surface area contributed by atoms with Gasteiger partial charge < -0.3 is 5.32 Å². The van der Waals surface area contributed by atoms with Crippen molar-refractivity contribution >= 4 is 43.5 Å². The lowest BCUT2D eigenvalue weighted by Gasteiger charge is -2.08. The second-order valence-electron chi connectivity index (χ2n) is 4.27. The van der Waals surface area contributed by atoms with Crippen molar-refractivity contribution in [3.05, 3.63) is 56.2 Å². The number of benzene rings is 1. The number of nitrogens with zero attached hydrogens (tertiary/aromatic N) is 1. The topological polar surface area (TPSA) is 42.0 Å². The lowest BCUT2D eigenvalue weighted by atomic mass is 10.1. The van der Waals surface area contributed by atoms with Gasteiger partial charge in [-0.25, -0.2) is 4.98 Å². The molecule has 3 nitrogen and oxygen atoms in total. The van der Waals surface area contributed by atoms with Gasteiger partial charge in [0, 0.05) is 4.47 Å². The SMILES string of the molecule is Cc1ccc(Br)c(C(=O)Nc2cnc(Br)c(C)c2)c1. The second kappa shape index (κ2) is 5.84. The number of halogens is 2. The molecular weight excluding hydrogens is 372 g/mol. The summed E-state index contributed by atoms with van der Waals surface area (Å²) in [6, 6.07) is 7.54. The van der Waals surface area contributed by atoms with E-state index in [9.17, 15) is 4.79 Å². The predicted molar refractivity (Wildman–Crippen MR) is 83.5 cm³/mol. The first kappa shape index (κ1) is 14.2. The molecule has 1 amide bonds. The third-order valence-electron chi connectivity index (χ3n) is 2.64. The summed E-state index contributed by atoms with van der Waals surface area (Å²) in [6.45, 7) is 3.88. The molecule has 0 unspecified atom stereocenters. The van der Waals surface area contributed by atoms with E-state index in [4.69, 9.17) is 0 Å². The Morgan fingerprint density at radius 3 is 2.63 bits per heavy atom. The molecule has 0 aliphatic heterocycles. The van der Waals surface area contributed by atoms with E-state index in [0.717, 1.165) is 20.2 Å². The molecule has 0 atom stereocenters. The van der Waals surface area contributed by atoms with Crippen LogP contribution >= 0.6 is 31.9 Å². The van der Waals surface area contributed by atoms with E-state index in [1.54, 1.807) is 6.20 Å². The quantitative estimate of drug-likeness (QED) is 0.777. The highest BCUT2D eigenvalue weighted by molar-refractivity contribution is 9.10. The number of rotatable bonds is 2. The van der Waals surface area contributed by atoms with Gasteiger partial charge >= 0.3 is 0 Å². The Morgan fingerprint density at radius 2 is 1.95 bits per heavy atom. The molecule has 19 heavy (non-hydrogen) atoms. The highest BCUT2D eigenvalue weighted by atomic mass is 79.9. The fourth-order valence-electron chi connectivity index (χ4n) is 1.64. The molecule has 0 saturated carbocycles. The van der Waals surface area contributed by atoms with Crippen LogP contribution in [-0.2, 0) is 0 Å². The number of nitrogens with one attached hydrogen (secondary N) is 1. The molecule has 5 heteroatoms. The minimum absolute atomic E-state index is 0.154. The number of hydrogen-bond acceptors (Lipinski definition) is 2. The van der Waals surface area contributed by atoms with Crippen LogP contribution in [-0.4, -0.2) is 10.9 Å². The average molecular weight is 384 g/mol. The summed E-state index contributed by atoms with van der Waals surface area (Å²) in [4.78, 5) is 16.4. The smallest absolute Gasteiger partial charge is 0.256 e. The van der Waals surface area contributed by atoms with Crippen LogP contribution in [0, 0.1) is 13.8 Å². The Kier molecular flexibility index (Phi) is 4.37. The summed E-state index contributed by atoms with van der Waals surface area (Å²) in [7, 11) is 0. The number of aryl methyl sites for hydroxylation is 2. The maximum atomic E-state index is 12.2. The van der Waals surface area contributed by atoms with Crippen LogP contribution in [0.2, 0.25) is 0 Å². The number of carbonyl (C=O) groups excluding carboxylic acids is 1. The van der Waals surface area contributed by atoms with E-state index >= 15 is 0 Å². The van der Waals surface area contributed by atoms with Gasteiger partial charge in [-0.2, -0.15) is 0 Å². The number of aromatic nitrogens is 1. The van der Waals surface area contributed by atoms with Gasteiger partial charge in [-0.3, -0.25) is 4.79 Å². The molecule has 1 aromatic heterocycles. The molecule has 0 aliphatic carbocycles. The monoisotopic (exact) mass is 382 g/mol. The maximum Gasteiger partial charge on any atom is 0.256 e. The molecule has 0 bridgehead atoms. The Labute approximate surface area is 128 Å². The fourth-order valence-corrected chi connectivity index (χ4v) is 2.28. The highest BCUT2D eigenvalue weighted by Crippen LogP contribution is 2.21. The lowest BCUT2D eigenvalue weighted by Crippen LogP contribution is -2.13. The highest BCUT2D eigenvalue weighted by Gasteiger charge is 2.11. The molecule has 2 rings (SSSR count). The maximum absolute atomic E-state index is 12.2. The standard InChI is InChI=1S/C14H12Br2N2O/c1-8-3-4-12(15)11(5-8)14(19)18-10-6-9(2)13(16)17-7-10/h3-7H,1-2H3,(H,18,19). The molecule has 98 valence electrons. The number of anilines is 1. The van der Waals surface area contributed by atoms with Crippen molar-refractivity contribution in [2.45, 2.75) is 13.8 Å². The molecule has 0 radical (unpaired) electrons. The van der Waals surface area contributed by atoms with E-state index < -0.39 is 0 Å². The molecule has 0 saturated heterocycles. The number of carbonyl (C=O) groups is 1. The zero-order chi connectivity index (χ0) is 14.0. The zero-order valence-electron chi connectivity index (χ0n) is 10.5. The van der Waals surface area contributed by atoms with E-state index in [1.807, 2.05) is 38.1 Å². The summed E-state index contributed by atoms with van der Waals surface area (Å²) >= 11 is 6.72. The van der Waals surface area contributed by atoms with Crippen LogP contribution in [0.25, 0.3) is 0 Å². The van der Waals surface area contributed by atoms with Crippen LogP contribution in [0.5, 0.6) is 0 Å². The van der Waals surface area contributed by atoms with Gasteiger partial charge in [0.15, 0.2) is 0 Å². The van der Waals surface area contributed by atoms with Crippen LogP contribution in [0.15, 0.2) is 39.5 Å². The van der Waals surface area contributed by atoms with Crippen molar-refractivity contribution in [1.82, 2.24) is 4.98 Å². The average Bonchev–Trinajstić information content (AvgIpc) is 2.36. The van der Waals surface area contributed by atoms with Crippen molar-refractivity contribution in [3.8, 4) is 0 Å². The van der Waals surface area contributed by atoms with E-state index in [2.05, 4.69) is 42.2 Å². The van der Waals surface area contributed by atoms with Crippen LogP contribution in [0.4, 0.5) is 5.69 Å². The Hall–Kier alpha value is -1.20. The van der Waals surface area contributed by atoms with Gasteiger partial charge in [-0.15, -0.1) is 0 Å². The van der Waals surface area contributed by atoms with Crippen LogP contribution < -0.4 is 5.32 Å². The summed E-state index contributed by atoms with van der Waals surface area (Å²) in [5.41, 5.74) is 3.30. The van der Waals surface area contributed by atoms with E-state index in [-0.39, 0.29) is 5.91 Å². The van der Waals surface area contributed by atoms with Crippen molar-refractivity contribution in [3.63, 3.8) is 0 Å². The zero-order valence-corrected chi connectivity index (χ0v) is 13.7. The number of hydrogen-bond donors (Lipinski definition) is 1. The molecule has 0 aliphatic rings. The largest absolute Gasteiger partial charge is 0.321 e. The third kappa shape index (κ3) is 3.42. The molecule has 1 N–H and O–H groups in total. The van der Waals surface area contributed by atoms with Gasteiger partial charge in [0.25, 0.3) is 5.91 Å². The molecule has 0 fully saturated rings. The predicted octanol–water partition coefficient (Wildman–Crippen LogP) is 4.48. The third-order valence-corrected chi connectivity index (χ3v) is 4.16. The Bertz CT molecular complexity index is 641. The van der Waals surface area contributed by atoms with Gasteiger partial charge in [0.2, 0.25) is 0 Å². The second-order valence-corrected chi connectivity index (χ2v) is 5.87. The minimum atomic E-state index is -0.154.